The van der Waals surface area contributed by atoms with Crippen molar-refractivity contribution in [3.05, 3.63) is 53.3 Å². The third-order valence-corrected chi connectivity index (χ3v) is 2.57. The Bertz CT molecular complexity index is 597. The molecule has 0 atom stereocenters. The van der Waals surface area contributed by atoms with Crippen LogP contribution >= 0.6 is 0 Å². The molecule has 0 aliphatic rings. The maximum Gasteiger partial charge on any atom is 0.161 e. The summed E-state index contributed by atoms with van der Waals surface area (Å²) in [6.07, 6.45) is 0. The molecule has 0 spiro atoms. The molecule has 2 aromatic rings. The highest BCUT2D eigenvalue weighted by Crippen LogP contribution is 2.24. The molecule has 0 fully saturated rings. The van der Waals surface area contributed by atoms with Gasteiger partial charge in [-0.1, -0.05) is 6.07 Å². The Kier molecular flexibility index (Phi) is 3.14. The monoisotopic (exact) mass is 252 g/mol. The third kappa shape index (κ3) is 2.40. The molecule has 0 heterocycles. The number of benzene rings is 2. The topological polar surface area (TPSA) is 38.0 Å². The minimum absolute atomic E-state index is 0.142. The van der Waals surface area contributed by atoms with Crippen molar-refractivity contribution in [2.45, 2.75) is 6.92 Å². The van der Waals surface area contributed by atoms with Crippen LogP contribution in [0.2, 0.25) is 0 Å². The second-order valence-corrected chi connectivity index (χ2v) is 3.94. The number of halogens is 3. The van der Waals surface area contributed by atoms with Gasteiger partial charge in [0.25, 0.3) is 0 Å². The van der Waals surface area contributed by atoms with Gasteiger partial charge >= 0.3 is 0 Å². The molecule has 18 heavy (non-hydrogen) atoms. The molecule has 0 amide bonds. The van der Waals surface area contributed by atoms with Gasteiger partial charge in [0.05, 0.1) is 5.69 Å². The van der Waals surface area contributed by atoms with Gasteiger partial charge < -0.3 is 11.1 Å². The van der Waals surface area contributed by atoms with Crippen molar-refractivity contribution in [3.63, 3.8) is 0 Å². The summed E-state index contributed by atoms with van der Waals surface area (Å²) >= 11 is 0. The first kappa shape index (κ1) is 12.3. The first-order chi connectivity index (χ1) is 8.47. The molecule has 2 aromatic carbocycles. The summed E-state index contributed by atoms with van der Waals surface area (Å²) in [5, 5.41) is 2.65. The summed E-state index contributed by atoms with van der Waals surface area (Å²) in [7, 11) is 0. The van der Waals surface area contributed by atoms with Gasteiger partial charge in [-0.25, -0.2) is 13.2 Å². The minimum atomic E-state index is -1.22. The first-order valence-electron chi connectivity index (χ1n) is 5.25. The Morgan fingerprint density at radius 3 is 2.28 bits per heavy atom. The highest BCUT2D eigenvalue weighted by molar-refractivity contribution is 5.65. The summed E-state index contributed by atoms with van der Waals surface area (Å²) in [6.45, 7) is 1.83. The predicted molar refractivity (Wildman–Crippen MR) is 65.2 cm³/mol. The quantitative estimate of drug-likeness (QED) is 0.631. The number of nitrogens with two attached hydrogens (primary N) is 1. The fraction of sp³-hybridized carbons (Fsp3) is 0.0769. The van der Waals surface area contributed by atoms with Crippen molar-refractivity contribution in [3.8, 4) is 0 Å². The Morgan fingerprint density at radius 1 is 0.944 bits per heavy atom. The van der Waals surface area contributed by atoms with Gasteiger partial charge in [0.1, 0.15) is 5.82 Å². The number of hydrogen-bond acceptors (Lipinski definition) is 2. The Hall–Kier alpha value is -2.17. The molecule has 2 rings (SSSR count). The predicted octanol–water partition coefficient (Wildman–Crippen LogP) is 3.74. The molecule has 0 unspecified atom stereocenters. The van der Waals surface area contributed by atoms with E-state index in [4.69, 9.17) is 5.73 Å². The lowest BCUT2D eigenvalue weighted by Gasteiger charge is -2.10. The molecule has 2 nitrogen and oxygen atoms in total. The largest absolute Gasteiger partial charge is 0.398 e. The molecule has 0 bridgehead atoms. The highest BCUT2D eigenvalue weighted by atomic mass is 19.2. The molecular weight excluding hydrogens is 241 g/mol. The number of rotatable bonds is 2. The van der Waals surface area contributed by atoms with Gasteiger partial charge in [-0.15, -0.1) is 0 Å². The first-order valence-corrected chi connectivity index (χ1v) is 5.25. The van der Waals surface area contributed by atoms with E-state index in [1.165, 1.54) is 0 Å². The van der Waals surface area contributed by atoms with Crippen LogP contribution in [0.1, 0.15) is 5.56 Å². The molecule has 5 heteroatoms. The van der Waals surface area contributed by atoms with E-state index in [0.29, 0.717) is 17.4 Å². The van der Waals surface area contributed by atoms with Crippen LogP contribution in [0.5, 0.6) is 0 Å². The molecule has 0 aliphatic heterocycles. The smallest absolute Gasteiger partial charge is 0.161 e. The van der Waals surface area contributed by atoms with Crippen molar-refractivity contribution in [2.75, 3.05) is 11.1 Å². The zero-order valence-corrected chi connectivity index (χ0v) is 9.60. The van der Waals surface area contributed by atoms with Gasteiger partial charge in [-0.2, -0.15) is 0 Å². The van der Waals surface area contributed by atoms with E-state index in [1.54, 1.807) is 18.2 Å². The van der Waals surface area contributed by atoms with Gasteiger partial charge in [0, 0.05) is 23.5 Å². The van der Waals surface area contributed by atoms with Crippen molar-refractivity contribution in [2.24, 2.45) is 0 Å². The number of anilines is 3. The lowest BCUT2D eigenvalue weighted by Crippen LogP contribution is -1.98. The summed E-state index contributed by atoms with van der Waals surface area (Å²) in [5.41, 5.74) is 7.47. The fourth-order valence-corrected chi connectivity index (χ4v) is 1.49. The summed E-state index contributed by atoms with van der Waals surface area (Å²) in [6, 6.07) is 6.27. The van der Waals surface area contributed by atoms with E-state index in [2.05, 4.69) is 5.32 Å². The number of aryl methyl sites for hydroxylation is 1. The van der Waals surface area contributed by atoms with Crippen molar-refractivity contribution >= 4 is 17.1 Å². The molecule has 0 aliphatic carbocycles. The van der Waals surface area contributed by atoms with Crippen molar-refractivity contribution < 1.29 is 13.2 Å². The van der Waals surface area contributed by atoms with Crippen LogP contribution in [0.25, 0.3) is 0 Å². The number of nitrogen functional groups attached to an aromatic ring is 1. The Morgan fingerprint density at radius 2 is 1.61 bits per heavy atom. The van der Waals surface area contributed by atoms with Crippen LogP contribution in [0.15, 0.2) is 30.3 Å². The molecule has 0 saturated heterocycles. The van der Waals surface area contributed by atoms with Gasteiger partial charge in [-0.05, 0) is 24.6 Å². The zero-order chi connectivity index (χ0) is 13.3. The fourth-order valence-electron chi connectivity index (χ4n) is 1.49. The summed E-state index contributed by atoms with van der Waals surface area (Å²) in [4.78, 5) is 0. The standard InChI is InChI=1S/C13H11F3N2/c1-7-2-3-8(4-12(7)17)18-13-6-10(15)9(14)5-11(13)16/h2-6,18H,17H2,1H3. The van der Waals surface area contributed by atoms with E-state index in [0.717, 1.165) is 11.6 Å². The van der Waals surface area contributed by atoms with E-state index in [1.807, 2.05) is 6.92 Å². The van der Waals surface area contributed by atoms with E-state index in [-0.39, 0.29) is 5.69 Å². The lowest BCUT2D eigenvalue weighted by atomic mass is 10.2. The maximum atomic E-state index is 13.4. The SMILES string of the molecule is Cc1ccc(Nc2cc(F)c(F)cc2F)cc1N. The number of nitrogens with one attached hydrogen (secondary N) is 1. The van der Waals surface area contributed by atoms with Gasteiger partial charge in [0.15, 0.2) is 11.6 Å². The summed E-state index contributed by atoms with van der Waals surface area (Å²) < 4.78 is 39.1. The molecule has 3 N–H and O–H groups in total. The van der Waals surface area contributed by atoms with E-state index in [9.17, 15) is 13.2 Å². The third-order valence-electron chi connectivity index (χ3n) is 2.57. The van der Waals surface area contributed by atoms with Crippen LogP contribution in [0.4, 0.5) is 30.2 Å². The molecule has 0 radical (unpaired) electrons. The van der Waals surface area contributed by atoms with E-state index < -0.39 is 17.5 Å². The van der Waals surface area contributed by atoms with Crippen LogP contribution in [0, 0.1) is 24.4 Å². The molecular formula is C13H11F3N2. The van der Waals surface area contributed by atoms with Gasteiger partial charge in [-0.3, -0.25) is 0 Å². The zero-order valence-electron chi connectivity index (χ0n) is 9.60. The highest BCUT2D eigenvalue weighted by Gasteiger charge is 2.10. The average molecular weight is 252 g/mol. The van der Waals surface area contributed by atoms with Crippen LogP contribution < -0.4 is 11.1 Å². The minimum Gasteiger partial charge on any atom is -0.398 e. The lowest BCUT2D eigenvalue weighted by molar-refractivity contribution is 0.496. The average Bonchev–Trinajstić information content (AvgIpc) is 2.31. The normalized spacial score (nSPS) is 10.4. The Balaban J connectivity index is 2.34. The van der Waals surface area contributed by atoms with Crippen LogP contribution in [0.3, 0.4) is 0 Å². The summed E-state index contributed by atoms with van der Waals surface area (Å²) in [5.74, 6) is -3.20. The second-order valence-electron chi connectivity index (χ2n) is 3.94. The Labute approximate surface area is 102 Å². The maximum absolute atomic E-state index is 13.4. The molecule has 0 aromatic heterocycles. The van der Waals surface area contributed by atoms with Gasteiger partial charge in [0.2, 0.25) is 0 Å². The molecule has 94 valence electrons. The van der Waals surface area contributed by atoms with E-state index >= 15 is 0 Å². The van der Waals surface area contributed by atoms with Crippen LogP contribution in [-0.4, -0.2) is 0 Å². The van der Waals surface area contributed by atoms with Crippen LogP contribution in [-0.2, 0) is 0 Å². The van der Waals surface area contributed by atoms with Crippen molar-refractivity contribution in [1.82, 2.24) is 0 Å². The molecule has 0 saturated carbocycles. The van der Waals surface area contributed by atoms with Crippen molar-refractivity contribution in [1.29, 1.82) is 0 Å². The number of hydrogen-bond donors (Lipinski definition) is 2. The second kappa shape index (κ2) is 4.60.